The molecule has 0 bridgehead atoms. The molecule has 0 N–H and O–H groups in total. The molecule has 3 rings (SSSR count). The lowest BCUT2D eigenvalue weighted by atomic mass is 9.83. The van der Waals surface area contributed by atoms with Gasteiger partial charge in [0.1, 0.15) is 0 Å². The third-order valence-electron chi connectivity index (χ3n) is 5.20. The van der Waals surface area contributed by atoms with E-state index >= 15 is 0 Å². The molecule has 5 nitrogen and oxygen atoms in total. The number of piperidine rings is 1. The van der Waals surface area contributed by atoms with Crippen LogP contribution in [-0.2, 0) is 4.79 Å². The highest BCUT2D eigenvalue weighted by atomic mass is 19.3. The third-order valence-corrected chi connectivity index (χ3v) is 5.20. The number of carbonyl (C=O) groups excluding carboxylic acids is 1. The number of aromatic nitrogens is 2. The molecule has 2 fully saturated rings. The molecule has 0 spiro atoms. The summed E-state index contributed by atoms with van der Waals surface area (Å²) in [7, 11) is 0. The summed E-state index contributed by atoms with van der Waals surface area (Å²) in [5, 5.41) is 7.96. The first-order chi connectivity index (χ1) is 10.9. The Balaban J connectivity index is 1.68. The predicted octanol–water partition coefficient (Wildman–Crippen LogP) is 3.30. The summed E-state index contributed by atoms with van der Waals surface area (Å²) in [6.45, 7) is 4.41. The lowest BCUT2D eigenvalue weighted by Gasteiger charge is -2.40. The van der Waals surface area contributed by atoms with Gasteiger partial charge in [-0.2, -0.15) is 0 Å². The minimum absolute atomic E-state index is 0.00828. The Kier molecular flexibility index (Phi) is 4.38. The second kappa shape index (κ2) is 6.17. The summed E-state index contributed by atoms with van der Waals surface area (Å²) in [6.07, 6.45) is 1.95. The minimum Gasteiger partial charge on any atom is -0.425 e. The SMILES string of the molecule is Cc1nnc([C@H]2CCCN(C(=O)C3CCC(F)(F)CC3)[C@H]2C)o1. The second-order valence-electron chi connectivity index (χ2n) is 6.81. The Morgan fingerprint density at radius 2 is 1.96 bits per heavy atom. The van der Waals surface area contributed by atoms with Crippen molar-refractivity contribution < 1.29 is 18.0 Å². The number of carbonyl (C=O) groups is 1. The van der Waals surface area contributed by atoms with Gasteiger partial charge < -0.3 is 9.32 Å². The van der Waals surface area contributed by atoms with Gasteiger partial charge in [-0.05, 0) is 32.6 Å². The lowest BCUT2D eigenvalue weighted by Crippen LogP contribution is -2.49. The van der Waals surface area contributed by atoms with E-state index in [2.05, 4.69) is 10.2 Å². The van der Waals surface area contributed by atoms with Crippen molar-refractivity contribution in [1.82, 2.24) is 15.1 Å². The Labute approximate surface area is 134 Å². The molecule has 0 radical (unpaired) electrons. The van der Waals surface area contributed by atoms with Crippen LogP contribution < -0.4 is 0 Å². The van der Waals surface area contributed by atoms with Crippen LogP contribution in [0, 0.1) is 12.8 Å². The molecular weight excluding hydrogens is 304 g/mol. The molecule has 2 atom stereocenters. The van der Waals surface area contributed by atoms with Crippen molar-refractivity contribution in [1.29, 1.82) is 0 Å². The first-order valence-corrected chi connectivity index (χ1v) is 8.36. The molecule has 1 saturated carbocycles. The number of amides is 1. The highest BCUT2D eigenvalue weighted by Gasteiger charge is 2.41. The first kappa shape index (κ1) is 16.3. The van der Waals surface area contributed by atoms with Crippen LogP contribution in [0.1, 0.15) is 63.1 Å². The fourth-order valence-electron chi connectivity index (χ4n) is 3.77. The van der Waals surface area contributed by atoms with Crippen molar-refractivity contribution in [2.75, 3.05) is 6.54 Å². The van der Waals surface area contributed by atoms with Crippen LogP contribution in [-0.4, -0.2) is 39.5 Å². The molecule has 1 aromatic rings. The van der Waals surface area contributed by atoms with E-state index < -0.39 is 5.92 Å². The summed E-state index contributed by atoms with van der Waals surface area (Å²) < 4.78 is 32.1. The van der Waals surface area contributed by atoms with Gasteiger partial charge in [0.25, 0.3) is 0 Å². The molecule has 7 heteroatoms. The van der Waals surface area contributed by atoms with E-state index in [1.165, 1.54) is 0 Å². The monoisotopic (exact) mass is 327 g/mol. The molecule has 128 valence electrons. The minimum atomic E-state index is -2.60. The normalized spacial score (nSPS) is 28.8. The fraction of sp³-hybridized carbons (Fsp3) is 0.812. The fourth-order valence-corrected chi connectivity index (χ4v) is 3.77. The van der Waals surface area contributed by atoms with Gasteiger partial charge in [-0.25, -0.2) is 8.78 Å². The van der Waals surface area contributed by atoms with E-state index in [-0.39, 0.29) is 49.5 Å². The van der Waals surface area contributed by atoms with Crippen molar-refractivity contribution in [2.24, 2.45) is 5.92 Å². The van der Waals surface area contributed by atoms with Gasteiger partial charge in [-0.15, -0.1) is 10.2 Å². The maximum absolute atomic E-state index is 13.3. The number of nitrogens with zero attached hydrogens (tertiary/aromatic N) is 3. The standard InChI is InChI=1S/C16H23F2N3O2/c1-10-13(14-20-19-11(2)23-14)4-3-9-21(10)15(22)12-5-7-16(17,18)8-6-12/h10,12-13H,3-9H2,1-2H3/t10-,13-/m0/s1. The summed E-state index contributed by atoms with van der Waals surface area (Å²) in [6, 6.07) is -0.0430. The number of halogens is 2. The highest BCUT2D eigenvalue weighted by molar-refractivity contribution is 5.79. The molecule has 2 heterocycles. The van der Waals surface area contributed by atoms with Crippen molar-refractivity contribution in [3.05, 3.63) is 11.8 Å². The van der Waals surface area contributed by atoms with Crippen LogP contribution in [0.5, 0.6) is 0 Å². The van der Waals surface area contributed by atoms with Gasteiger partial charge in [-0.1, -0.05) is 0 Å². The zero-order valence-corrected chi connectivity index (χ0v) is 13.6. The van der Waals surface area contributed by atoms with Gasteiger partial charge in [0, 0.05) is 38.3 Å². The van der Waals surface area contributed by atoms with E-state index in [4.69, 9.17) is 4.42 Å². The number of aryl methyl sites for hydroxylation is 1. The molecule has 1 saturated heterocycles. The van der Waals surface area contributed by atoms with Crippen LogP contribution in [0.3, 0.4) is 0 Å². The molecule has 0 unspecified atom stereocenters. The summed E-state index contributed by atoms with van der Waals surface area (Å²) >= 11 is 0. The number of rotatable bonds is 2. The summed E-state index contributed by atoms with van der Waals surface area (Å²) in [5.41, 5.74) is 0. The average Bonchev–Trinajstić information content (AvgIpc) is 2.93. The van der Waals surface area contributed by atoms with Crippen LogP contribution in [0.25, 0.3) is 0 Å². The zero-order valence-electron chi connectivity index (χ0n) is 13.6. The van der Waals surface area contributed by atoms with E-state index in [0.29, 0.717) is 18.3 Å². The molecule has 23 heavy (non-hydrogen) atoms. The molecule has 1 aliphatic heterocycles. The van der Waals surface area contributed by atoms with E-state index in [1.807, 2.05) is 11.8 Å². The quantitative estimate of drug-likeness (QED) is 0.836. The number of hydrogen-bond donors (Lipinski definition) is 0. The number of alkyl halides is 2. The lowest BCUT2D eigenvalue weighted by molar-refractivity contribution is -0.143. The molecule has 2 aliphatic rings. The van der Waals surface area contributed by atoms with E-state index in [9.17, 15) is 13.6 Å². The smallest absolute Gasteiger partial charge is 0.248 e. The molecule has 1 aliphatic carbocycles. The molecule has 1 amide bonds. The van der Waals surface area contributed by atoms with Crippen LogP contribution in [0.4, 0.5) is 8.78 Å². The van der Waals surface area contributed by atoms with Gasteiger partial charge >= 0.3 is 0 Å². The Morgan fingerprint density at radius 1 is 1.26 bits per heavy atom. The maximum atomic E-state index is 13.3. The Morgan fingerprint density at radius 3 is 2.57 bits per heavy atom. The topological polar surface area (TPSA) is 59.2 Å². The Bertz CT molecular complexity index is 565. The average molecular weight is 327 g/mol. The highest BCUT2D eigenvalue weighted by Crippen LogP contribution is 2.39. The number of hydrogen-bond acceptors (Lipinski definition) is 4. The van der Waals surface area contributed by atoms with E-state index in [0.717, 1.165) is 12.8 Å². The molecule has 0 aromatic carbocycles. The maximum Gasteiger partial charge on any atom is 0.248 e. The third kappa shape index (κ3) is 3.38. The predicted molar refractivity (Wildman–Crippen MR) is 79.1 cm³/mol. The van der Waals surface area contributed by atoms with Gasteiger partial charge in [0.15, 0.2) is 0 Å². The van der Waals surface area contributed by atoms with E-state index in [1.54, 1.807) is 6.92 Å². The van der Waals surface area contributed by atoms with Gasteiger partial charge in [0.05, 0.1) is 5.92 Å². The molecular formula is C16H23F2N3O2. The van der Waals surface area contributed by atoms with Crippen molar-refractivity contribution in [2.45, 2.75) is 70.3 Å². The van der Waals surface area contributed by atoms with Gasteiger partial charge in [-0.3, -0.25) is 4.79 Å². The van der Waals surface area contributed by atoms with Crippen LogP contribution in [0.15, 0.2) is 4.42 Å². The van der Waals surface area contributed by atoms with Gasteiger partial charge in [0.2, 0.25) is 23.6 Å². The van der Waals surface area contributed by atoms with Crippen LogP contribution >= 0.6 is 0 Å². The first-order valence-electron chi connectivity index (χ1n) is 8.36. The Hall–Kier alpha value is -1.53. The second-order valence-corrected chi connectivity index (χ2v) is 6.81. The zero-order chi connectivity index (χ0) is 16.6. The largest absolute Gasteiger partial charge is 0.425 e. The summed E-state index contributed by atoms with van der Waals surface area (Å²) in [5.74, 6) is -1.75. The summed E-state index contributed by atoms with van der Waals surface area (Å²) in [4.78, 5) is 14.6. The van der Waals surface area contributed by atoms with Crippen LogP contribution in [0.2, 0.25) is 0 Å². The molecule has 1 aromatic heterocycles. The van der Waals surface area contributed by atoms with Crippen molar-refractivity contribution in [3.63, 3.8) is 0 Å². The van der Waals surface area contributed by atoms with Crippen molar-refractivity contribution >= 4 is 5.91 Å². The van der Waals surface area contributed by atoms with Crippen molar-refractivity contribution in [3.8, 4) is 0 Å². The number of likely N-dealkylation sites (tertiary alicyclic amines) is 1.